The van der Waals surface area contributed by atoms with Crippen LogP contribution in [-0.2, 0) is 16.0 Å². The fraction of sp³-hybridized carbons (Fsp3) is 0.588. The zero-order chi connectivity index (χ0) is 14.0. The molecule has 3 nitrogen and oxygen atoms in total. The molecule has 3 rings (SSSR count). The summed E-state index contributed by atoms with van der Waals surface area (Å²) in [4.78, 5) is 14.2. The van der Waals surface area contributed by atoms with E-state index in [0.717, 1.165) is 6.42 Å². The molecule has 0 amide bonds. The van der Waals surface area contributed by atoms with Gasteiger partial charge < -0.3 is 4.74 Å². The molecular weight excluding hydrogens is 250 g/mol. The van der Waals surface area contributed by atoms with Crippen LogP contribution in [0.1, 0.15) is 37.7 Å². The van der Waals surface area contributed by atoms with Gasteiger partial charge in [0.2, 0.25) is 0 Å². The zero-order valence-electron chi connectivity index (χ0n) is 12.2. The molecule has 0 N–H and O–H groups in total. The summed E-state index contributed by atoms with van der Waals surface area (Å²) >= 11 is 0. The Labute approximate surface area is 120 Å². The number of methoxy groups -OCH3 is 1. The van der Waals surface area contributed by atoms with E-state index in [1.807, 2.05) is 0 Å². The highest BCUT2D eigenvalue weighted by Gasteiger charge is 2.48. The van der Waals surface area contributed by atoms with Gasteiger partial charge in [0.15, 0.2) is 0 Å². The molecule has 2 bridgehead atoms. The van der Waals surface area contributed by atoms with E-state index in [-0.39, 0.29) is 11.5 Å². The summed E-state index contributed by atoms with van der Waals surface area (Å²) in [7, 11) is 1.48. The van der Waals surface area contributed by atoms with Gasteiger partial charge in [0, 0.05) is 11.6 Å². The summed E-state index contributed by atoms with van der Waals surface area (Å²) in [6.07, 6.45) is 7.22. The maximum atomic E-state index is 11.7. The Morgan fingerprint density at radius 1 is 1.30 bits per heavy atom. The molecule has 108 valence electrons. The Bertz CT molecular complexity index is 469. The lowest BCUT2D eigenvalue weighted by Gasteiger charge is -2.44. The van der Waals surface area contributed by atoms with E-state index in [1.54, 1.807) is 0 Å². The van der Waals surface area contributed by atoms with Crippen LogP contribution >= 0.6 is 0 Å². The van der Waals surface area contributed by atoms with Crippen molar-refractivity contribution in [2.45, 2.75) is 50.1 Å². The molecule has 2 fully saturated rings. The number of carbonyl (C=O) groups is 1. The molecule has 3 heteroatoms. The highest BCUT2D eigenvalue weighted by atomic mass is 16.5. The minimum absolute atomic E-state index is 0.101. The van der Waals surface area contributed by atoms with Crippen LogP contribution in [-0.4, -0.2) is 36.1 Å². The van der Waals surface area contributed by atoms with Crippen molar-refractivity contribution in [3.8, 4) is 0 Å². The highest BCUT2D eigenvalue weighted by Crippen LogP contribution is 2.45. The highest BCUT2D eigenvalue weighted by molar-refractivity contribution is 5.71. The van der Waals surface area contributed by atoms with Gasteiger partial charge in [-0.15, -0.1) is 0 Å². The van der Waals surface area contributed by atoms with Gasteiger partial charge in [-0.1, -0.05) is 36.8 Å². The van der Waals surface area contributed by atoms with Gasteiger partial charge >= 0.3 is 5.97 Å². The Kier molecular flexibility index (Phi) is 3.79. The van der Waals surface area contributed by atoms with Crippen LogP contribution in [0.3, 0.4) is 0 Å². The first-order valence-corrected chi connectivity index (χ1v) is 7.61. The quantitative estimate of drug-likeness (QED) is 0.790. The van der Waals surface area contributed by atoms with Gasteiger partial charge in [-0.05, 0) is 37.7 Å². The summed E-state index contributed by atoms with van der Waals surface area (Å²) in [5, 5.41) is 0. The van der Waals surface area contributed by atoms with Crippen molar-refractivity contribution in [1.82, 2.24) is 4.90 Å². The van der Waals surface area contributed by atoms with E-state index in [2.05, 4.69) is 35.2 Å². The summed E-state index contributed by atoms with van der Waals surface area (Å²) in [5.41, 5.74) is 1.56. The molecule has 1 aromatic carbocycles. The molecule has 20 heavy (non-hydrogen) atoms. The number of esters is 1. The summed E-state index contributed by atoms with van der Waals surface area (Å²) < 4.78 is 4.89. The van der Waals surface area contributed by atoms with Crippen LogP contribution in [0.4, 0.5) is 0 Å². The van der Waals surface area contributed by atoms with Crippen LogP contribution in [0.25, 0.3) is 0 Å². The van der Waals surface area contributed by atoms with E-state index >= 15 is 0 Å². The third-order valence-corrected chi connectivity index (χ3v) is 5.08. The minimum atomic E-state index is -0.101. The fourth-order valence-corrected chi connectivity index (χ4v) is 4.11. The molecule has 0 unspecified atom stereocenters. The first-order chi connectivity index (χ1) is 9.73. The van der Waals surface area contributed by atoms with Gasteiger partial charge in [-0.3, -0.25) is 9.69 Å². The number of fused-ring (bicyclic) bond motifs is 2. The summed E-state index contributed by atoms with van der Waals surface area (Å²) in [6, 6.07) is 11.2. The Balaban J connectivity index is 1.82. The average molecular weight is 273 g/mol. The molecule has 1 aromatic rings. The van der Waals surface area contributed by atoms with Crippen LogP contribution < -0.4 is 0 Å². The van der Waals surface area contributed by atoms with E-state index in [0.29, 0.717) is 12.6 Å². The van der Waals surface area contributed by atoms with Gasteiger partial charge in [0.25, 0.3) is 0 Å². The van der Waals surface area contributed by atoms with Crippen molar-refractivity contribution in [3.05, 3.63) is 35.9 Å². The van der Waals surface area contributed by atoms with E-state index in [9.17, 15) is 4.79 Å². The SMILES string of the molecule is COC(=O)CN1[C@@H]2CCC[C@@]1(Cc1ccccc1)CC2. The predicted molar refractivity (Wildman–Crippen MR) is 78.5 cm³/mol. The van der Waals surface area contributed by atoms with Crippen molar-refractivity contribution in [2.24, 2.45) is 0 Å². The largest absolute Gasteiger partial charge is 0.468 e. The minimum Gasteiger partial charge on any atom is -0.468 e. The van der Waals surface area contributed by atoms with Crippen molar-refractivity contribution >= 4 is 5.97 Å². The molecule has 0 spiro atoms. The molecule has 0 radical (unpaired) electrons. The van der Waals surface area contributed by atoms with Gasteiger partial charge in [0.1, 0.15) is 0 Å². The number of benzene rings is 1. The molecule has 2 atom stereocenters. The lowest BCUT2D eigenvalue weighted by Crippen LogP contribution is -2.53. The van der Waals surface area contributed by atoms with Gasteiger partial charge in [-0.2, -0.15) is 0 Å². The lowest BCUT2D eigenvalue weighted by atomic mass is 9.82. The fourth-order valence-electron chi connectivity index (χ4n) is 4.11. The summed E-state index contributed by atoms with van der Waals surface area (Å²) in [5.74, 6) is -0.101. The molecule has 2 heterocycles. The predicted octanol–water partition coefficient (Wildman–Crippen LogP) is 2.79. The smallest absolute Gasteiger partial charge is 0.319 e. The third kappa shape index (κ3) is 2.47. The summed E-state index contributed by atoms with van der Waals surface area (Å²) in [6.45, 7) is 0.452. The number of carbonyl (C=O) groups excluding carboxylic acids is 1. The third-order valence-electron chi connectivity index (χ3n) is 5.08. The maximum absolute atomic E-state index is 11.7. The molecule has 0 aliphatic carbocycles. The van der Waals surface area contributed by atoms with Crippen molar-refractivity contribution < 1.29 is 9.53 Å². The number of hydrogen-bond donors (Lipinski definition) is 0. The van der Waals surface area contributed by atoms with Crippen LogP contribution in [0.5, 0.6) is 0 Å². The number of rotatable bonds is 4. The Morgan fingerprint density at radius 2 is 2.10 bits per heavy atom. The molecule has 2 aliphatic rings. The molecular formula is C17H23NO2. The Hall–Kier alpha value is -1.35. The number of nitrogens with zero attached hydrogens (tertiary/aromatic N) is 1. The second-order valence-electron chi connectivity index (χ2n) is 6.18. The standard InChI is InChI=1S/C17H23NO2/c1-20-16(19)13-18-15-8-5-10-17(18,11-9-15)12-14-6-3-2-4-7-14/h2-4,6-7,15H,5,8-13H2,1H3/t15-,17+/m1/s1. The van der Waals surface area contributed by atoms with E-state index in [4.69, 9.17) is 4.74 Å². The van der Waals surface area contributed by atoms with Crippen LogP contribution in [0.2, 0.25) is 0 Å². The lowest BCUT2D eigenvalue weighted by molar-refractivity contribution is -0.144. The maximum Gasteiger partial charge on any atom is 0.319 e. The van der Waals surface area contributed by atoms with E-state index < -0.39 is 0 Å². The molecule has 0 aromatic heterocycles. The molecule has 2 saturated heterocycles. The molecule has 0 saturated carbocycles. The monoisotopic (exact) mass is 273 g/mol. The zero-order valence-corrected chi connectivity index (χ0v) is 12.2. The average Bonchev–Trinajstić information content (AvgIpc) is 2.67. The molecule has 2 aliphatic heterocycles. The number of hydrogen-bond acceptors (Lipinski definition) is 3. The second-order valence-corrected chi connectivity index (χ2v) is 6.18. The van der Waals surface area contributed by atoms with Crippen molar-refractivity contribution in [3.63, 3.8) is 0 Å². The Morgan fingerprint density at radius 3 is 2.85 bits per heavy atom. The normalized spacial score (nSPS) is 29.4. The number of piperidine rings is 1. The van der Waals surface area contributed by atoms with Crippen LogP contribution in [0, 0.1) is 0 Å². The van der Waals surface area contributed by atoms with Crippen molar-refractivity contribution in [2.75, 3.05) is 13.7 Å². The first kappa shape index (κ1) is 13.6. The van der Waals surface area contributed by atoms with Gasteiger partial charge in [-0.25, -0.2) is 0 Å². The first-order valence-electron chi connectivity index (χ1n) is 7.61. The topological polar surface area (TPSA) is 29.5 Å². The van der Waals surface area contributed by atoms with Crippen LogP contribution in [0.15, 0.2) is 30.3 Å². The van der Waals surface area contributed by atoms with Crippen molar-refractivity contribution in [1.29, 1.82) is 0 Å². The van der Waals surface area contributed by atoms with Gasteiger partial charge in [0.05, 0.1) is 13.7 Å². The number of ether oxygens (including phenoxy) is 1. The van der Waals surface area contributed by atoms with E-state index in [1.165, 1.54) is 44.8 Å². The second kappa shape index (κ2) is 5.57.